The predicted molar refractivity (Wildman–Crippen MR) is 43.2 cm³/mol. The SMILES string of the molecule is CCN(C)C1=NCCN1C. The van der Waals surface area contributed by atoms with Crippen molar-refractivity contribution >= 4 is 5.96 Å². The molecule has 0 radical (unpaired) electrons. The van der Waals surface area contributed by atoms with E-state index in [1.54, 1.807) is 0 Å². The molecule has 0 saturated heterocycles. The molecule has 1 aliphatic rings. The Bertz CT molecular complexity index is 142. The molecule has 0 N–H and O–H groups in total. The Morgan fingerprint density at radius 2 is 2.40 bits per heavy atom. The molecule has 0 aromatic carbocycles. The Morgan fingerprint density at radius 3 is 2.80 bits per heavy atom. The molecule has 0 aliphatic carbocycles. The van der Waals surface area contributed by atoms with Crippen LogP contribution in [-0.4, -0.2) is 49.5 Å². The molecule has 3 nitrogen and oxygen atoms in total. The number of hydrogen-bond acceptors (Lipinski definition) is 3. The summed E-state index contributed by atoms with van der Waals surface area (Å²) in [5, 5.41) is 0. The first-order valence-electron chi connectivity index (χ1n) is 3.72. The van der Waals surface area contributed by atoms with Gasteiger partial charge in [0, 0.05) is 27.2 Å². The van der Waals surface area contributed by atoms with Gasteiger partial charge in [-0.25, -0.2) is 0 Å². The third kappa shape index (κ3) is 1.23. The molecule has 0 aromatic heterocycles. The first-order chi connectivity index (χ1) is 4.75. The van der Waals surface area contributed by atoms with Gasteiger partial charge >= 0.3 is 0 Å². The van der Waals surface area contributed by atoms with Crippen molar-refractivity contribution in [2.75, 3.05) is 33.7 Å². The number of rotatable bonds is 1. The topological polar surface area (TPSA) is 18.8 Å². The van der Waals surface area contributed by atoms with Crippen LogP contribution in [0.4, 0.5) is 0 Å². The predicted octanol–water partition coefficient (Wildman–Crippen LogP) is 0.240. The van der Waals surface area contributed by atoms with Crippen LogP contribution in [0.2, 0.25) is 0 Å². The lowest BCUT2D eigenvalue weighted by Gasteiger charge is -2.22. The molecule has 0 atom stereocenters. The lowest BCUT2D eigenvalue weighted by molar-refractivity contribution is 0.433. The highest BCUT2D eigenvalue weighted by Gasteiger charge is 2.14. The zero-order chi connectivity index (χ0) is 7.56. The van der Waals surface area contributed by atoms with Crippen molar-refractivity contribution in [2.45, 2.75) is 6.92 Å². The van der Waals surface area contributed by atoms with Crippen LogP contribution in [0.5, 0.6) is 0 Å². The summed E-state index contributed by atoms with van der Waals surface area (Å²) in [6.07, 6.45) is 0. The Labute approximate surface area is 62.3 Å². The van der Waals surface area contributed by atoms with Crippen molar-refractivity contribution in [1.82, 2.24) is 9.80 Å². The van der Waals surface area contributed by atoms with E-state index in [1.165, 1.54) is 0 Å². The molecule has 10 heavy (non-hydrogen) atoms. The molecule has 1 heterocycles. The van der Waals surface area contributed by atoms with Gasteiger partial charge in [-0.2, -0.15) is 0 Å². The molecular weight excluding hydrogens is 126 g/mol. The average molecular weight is 141 g/mol. The number of likely N-dealkylation sites (N-methyl/N-ethyl adjacent to an activating group) is 1. The van der Waals surface area contributed by atoms with Gasteiger partial charge in [-0.3, -0.25) is 4.99 Å². The van der Waals surface area contributed by atoms with Crippen LogP contribution in [-0.2, 0) is 0 Å². The maximum atomic E-state index is 4.36. The van der Waals surface area contributed by atoms with Crippen LogP contribution in [0.1, 0.15) is 6.92 Å². The van der Waals surface area contributed by atoms with Gasteiger partial charge in [-0.15, -0.1) is 0 Å². The number of guanidine groups is 1. The van der Waals surface area contributed by atoms with E-state index in [2.05, 4.69) is 35.8 Å². The molecule has 0 unspecified atom stereocenters. The van der Waals surface area contributed by atoms with Crippen molar-refractivity contribution in [3.63, 3.8) is 0 Å². The highest BCUT2D eigenvalue weighted by molar-refractivity contribution is 5.80. The molecule has 0 saturated carbocycles. The highest BCUT2D eigenvalue weighted by Crippen LogP contribution is 2.00. The van der Waals surface area contributed by atoms with Crippen LogP contribution in [0.3, 0.4) is 0 Å². The summed E-state index contributed by atoms with van der Waals surface area (Å²) in [5.74, 6) is 1.13. The van der Waals surface area contributed by atoms with E-state index >= 15 is 0 Å². The van der Waals surface area contributed by atoms with Crippen molar-refractivity contribution in [1.29, 1.82) is 0 Å². The molecule has 1 rings (SSSR count). The fraction of sp³-hybridized carbons (Fsp3) is 0.857. The number of hydrogen-bond donors (Lipinski definition) is 0. The van der Waals surface area contributed by atoms with Crippen molar-refractivity contribution in [3.8, 4) is 0 Å². The summed E-state index contributed by atoms with van der Waals surface area (Å²) < 4.78 is 0. The molecule has 3 heteroatoms. The van der Waals surface area contributed by atoms with E-state index in [9.17, 15) is 0 Å². The second-order valence-corrected chi connectivity index (χ2v) is 2.62. The molecule has 0 aromatic rings. The zero-order valence-corrected chi connectivity index (χ0v) is 6.96. The van der Waals surface area contributed by atoms with E-state index in [0.717, 1.165) is 25.6 Å². The van der Waals surface area contributed by atoms with Gasteiger partial charge in [0.15, 0.2) is 5.96 Å². The molecule has 0 fully saturated rings. The maximum Gasteiger partial charge on any atom is 0.196 e. The maximum absolute atomic E-state index is 4.36. The smallest absolute Gasteiger partial charge is 0.196 e. The van der Waals surface area contributed by atoms with Crippen LogP contribution in [0.15, 0.2) is 4.99 Å². The summed E-state index contributed by atoms with van der Waals surface area (Å²) in [4.78, 5) is 8.70. The van der Waals surface area contributed by atoms with E-state index in [4.69, 9.17) is 0 Å². The molecule has 58 valence electrons. The van der Waals surface area contributed by atoms with Gasteiger partial charge in [0.2, 0.25) is 0 Å². The van der Waals surface area contributed by atoms with Gasteiger partial charge in [0.1, 0.15) is 0 Å². The minimum atomic E-state index is 0.955. The van der Waals surface area contributed by atoms with Crippen molar-refractivity contribution in [2.24, 2.45) is 4.99 Å². The van der Waals surface area contributed by atoms with Crippen molar-refractivity contribution in [3.05, 3.63) is 0 Å². The third-order valence-electron chi connectivity index (χ3n) is 1.85. The van der Waals surface area contributed by atoms with Gasteiger partial charge in [0.25, 0.3) is 0 Å². The molecular formula is C7H15N3. The highest BCUT2D eigenvalue weighted by atomic mass is 15.4. The molecule has 1 aliphatic heterocycles. The van der Waals surface area contributed by atoms with Crippen LogP contribution >= 0.6 is 0 Å². The summed E-state index contributed by atoms with van der Waals surface area (Å²) in [5.41, 5.74) is 0. The molecule has 0 amide bonds. The summed E-state index contributed by atoms with van der Waals surface area (Å²) in [6.45, 7) is 5.19. The van der Waals surface area contributed by atoms with Gasteiger partial charge < -0.3 is 9.80 Å². The Morgan fingerprint density at radius 1 is 1.70 bits per heavy atom. The fourth-order valence-corrected chi connectivity index (χ4v) is 1.07. The molecule has 0 bridgehead atoms. The Balaban J connectivity index is 2.53. The van der Waals surface area contributed by atoms with E-state index in [1.807, 2.05) is 0 Å². The average Bonchev–Trinajstić information content (AvgIpc) is 2.34. The standard InChI is InChI=1S/C7H15N3/c1-4-9(2)7-8-5-6-10(7)3/h4-6H2,1-3H3. The quantitative estimate of drug-likeness (QED) is 0.521. The number of aliphatic imine (C=N–C) groups is 1. The first-order valence-corrected chi connectivity index (χ1v) is 3.72. The van der Waals surface area contributed by atoms with Crippen molar-refractivity contribution < 1.29 is 0 Å². The van der Waals surface area contributed by atoms with E-state index in [0.29, 0.717) is 0 Å². The first kappa shape index (κ1) is 7.38. The van der Waals surface area contributed by atoms with Gasteiger partial charge in [0.05, 0.1) is 6.54 Å². The second-order valence-electron chi connectivity index (χ2n) is 2.62. The Hall–Kier alpha value is -0.730. The largest absolute Gasteiger partial charge is 0.346 e. The number of nitrogens with zero attached hydrogens (tertiary/aromatic N) is 3. The zero-order valence-electron chi connectivity index (χ0n) is 6.96. The van der Waals surface area contributed by atoms with E-state index < -0.39 is 0 Å². The fourth-order valence-electron chi connectivity index (χ4n) is 1.07. The third-order valence-corrected chi connectivity index (χ3v) is 1.85. The van der Waals surface area contributed by atoms with Gasteiger partial charge in [-0.1, -0.05) is 0 Å². The van der Waals surface area contributed by atoms with Crippen LogP contribution < -0.4 is 0 Å². The summed E-state index contributed by atoms with van der Waals surface area (Å²) in [7, 11) is 4.15. The lowest BCUT2D eigenvalue weighted by Crippen LogP contribution is -2.36. The monoisotopic (exact) mass is 141 g/mol. The minimum Gasteiger partial charge on any atom is -0.346 e. The van der Waals surface area contributed by atoms with E-state index in [-0.39, 0.29) is 0 Å². The van der Waals surface area contributed by atoms with Gasteiger partial charge in [-0.05, 0) is 6.92 Å². The summed E-state index contributed by atoms with van der Waals surface area (Å²) >= 11 is 0. The Kier molecular flexibility index (Phi) is 2.14. The normalized spacial score (nSPS) is 17.5. The van der Waals surface area contributed by atoms with Crippen LogP contribution in [0.25, 0.3) is 0 Å². The summed E-state index contributed by atoms with van der Waals surface area (Å²) in [6, 6.07) is 0. The lowest BCUT2D eigenvalue weighted by atomic mass is 10.6. The van der Waals surface area contributed by atoms with Crippen LogP contribution in [0, 0.1) is 0 Å². The molecule has 0 spiro atoms. The minimum absolute atomic E-state index is 0.955. The second kappa shape index (κ2) is 2.90.